The Labute approximate surface area is 129 Å². The normalized spacial score (nSPS) is 12.3. The van der Waals surface area contributed by atoms with E-state index in [-0.39, 0.29) is 16.7 Å². The molecule has 0 aliphatic carbocycles. The van der Waals surface area contributed by atoms with Gasteiger partial charge in [-0.25, -0.2) is 0 Å². The van der Waals surface area contributed by atoms with Crippen molar-refractivity contribution in [2.24, 2.45) is 5.41 Å². The number of carbonyl (C=O) groups excluding carboxylic acids is 1. The van der Waals surface area contributed by atoms with E-state index < -0.39 is 0 Å². The van der Waals surface area contributed by atoms with Gasteiger partial charge in [-0.1, -0.05) is 53.7 Å². The van der Waals surface area contributed by atoms with E-state index in [0.29, 0.717) is 13.0 Å². The quantitative estimate of drug-likeness (QED) is 0.806. The van der Waals surface area contributed by atoms with Crippen LogP contribution in [-0.2, 0) is 10.2 Å². The third-order valence-corrected chi connectivity index (χ3v) is 3.22. The number of hydrogen-bond acceptors (Lipinski definition) is 2. The molecule has 0 saturated heterocycles. The smallest absolute Gasteiger partial charge is 0.225 e. The fourth-order valence-electron chi connectivity index (χ4n) is 1.94. The predicted octanol–water partition coefficient (Wildman–Crippen LogP) is 3.95. The summed E-state index contributed by atoms with van der Waals surface area (Å²) in [4.78, 5) is 11.9. The molecule has 0 aliphatic heterocycles. The van der Waals surface area contributed by atoms with Crippen LogP contribution < -0.4 is 10.6 Å². The minimum absolute atomic E-state index is 0.0555. The molecule has 0 fully saturated rings. The molecule has 21 heavy (non-hydrogen) atoms. The van der Waals surface area contributed by atoms with Crippen LogP contribution in [0.25, 0.3) is 0 Å². The summed E-state index contributed by atoms with van der Waals surface area (Å²) in [5.74, 6) is 0.0555. The van der Waals surface area contributed by atoms with Crippen LogP contribution in [0.3, 0.4) is 0 Å². The summed E-state index contributed by atoms with van der Waals surface area (Å²) in [6.07, 6.45) is 0.497. The van der Waals surface area contributed by atoms with E-state index in [1.54, 1.807) is 0 Å². The first-order valence-electron chi connectivity index (χ1n) is 7.69. The Balaban J connectivity index is 2.38. The highest BCUT2D eigenvalue weighted by Gasteiger charge is 2.13. The molecular weight excluding hydrogens is 260 g/mol. The number of hydrogen-bond donors (Lipinski definition) is 2. The number of rotatable bonds is 5. The zero-order valence-electron chi connectivity index (χ0n) is 14.3. The molecule has 118 valence electrons. The molecule has 1 aromatic rings. The summed E-state index contributed by atoms with van der Waals surface area (Å²) in [6, 6.07) is 8.10. The molecule has 2 N–H and O–H groups in total. The highest BCUT2D eigenvalue weighted by atomic mass is 16.1. The van der Waals surface area contributed by atoms with Gasteiger partial charge in [0.2, 0.25) is 5.91 Å². The first-order chi connectivity index (χ1) is 9.58. The lowest BCUT2D eigenvalue weighted by atomic mass is 9.87. The van der Waals surface area contributed by atoms with Crippen LogP contribution >= 0.6 is 0 Å². The number of amides is 1. The molecule has 0 aromatic heterocycles. The van der Waals surface area contributed by atoms with Crippen LogP contribution in [0.5, 0.6) is 0 Å². The zero-order valence-corrected chi connectivity index (χ0v) is 14.3. The Hall–Kier alpha value is -1.35. The largest absolute Gasteiger partial charge is 0.326 e. The van der Waals surface area contributed by atoms with Crippen molar-refractivity contribution >= 4 is 11.6 Å². The monoisotopic (exact) mass is 290 g/mol. The van der Waals surface area contributed by atoms with Crippen molar-refractivity contribution in [1.29, 1.82) is 0 Å². The third-order valence-electron chi connectivity index (χ3n) is 3.22. The van der Waals surface area contributed by atoms with Gasteiger partial charge in [-0.15, -0.1) is 0 Å². The highest BCUT2D eigenvalue weighted by Crippen LogP contribution is 2.23. The van der Waals surface area contributed by atoms with Crippen molar-refractivity contribution in [3.8, 4) is 0 Å². The van der Waals surface area contributed by atoms with E-state index >= 15 is 0 Å². The van der Waals surface area contributed by atoms with Gasteiger partial charge < -0.3 is 10.6 Å². The Bertz CT molecular complexity index is 450. The molecule has 3 nitrogen and oxygen atoms in total. The molecule has 1 rings (SSSR count). The number of anilines is 1. The number of benzene rings is 1. The maximum atomic E-state index is 11.9. The first-order valence-corrected chi connectivity index (χ1v) is 7.69. The van der Waals surface area contributed by atoms with Crippen molar-refractivity contribution in [3.63, 3.8) is 0 Å². The average molecular weight is 290 g/mol. The minimum Gasteiger partial charge on any atom is -0.326 e. The highest BCUT2D eigenvalue weighted by molar-refractivity contribution is 5.90. The Morgan fingerprint density at radius 2 is 1.57 bits per heavy atom. The van der Waals surface area contributed by atoms with Crippen LogP contribution in [-0.4, -0.2) is 19.0 Å². The Kier molecular flexibility index (Phi) is 5.97. The SMILES string of the molecule is CC(C)(C)CNCCC(=O)Nc1ccc(C(C)(C)C)cc1. The Morgan fingerprint density at radius 3 is 2.05 bits per heavy atom. The molecule has 0 spiro atoms. The lowest BCUT2D eigenvalue weighted by Gasteiger charge is -2.19. The van der Waals surface area contributed by atoms with Crippen LogP contribution in [0.4, 0.5) is 5.69 Å². The maximum absolute atomic E-state index is 11.9. The summed E-state index contributed by atoms with van der Waals surface area (Å²) in [5.41, 5.74) is 2.52. The van der Waals surface area contributed by atoms with Gasteiger partial charge >= 0.3 is 0 Å². The van der Waals surface area contributed by atoms with Crippen molar-refractivity contribution in [2.75, 3.05) is 18.4 Å². The molecule has 0 aliphatic rings. The van der Waals surface area contributed by atoms with Crippen LogP contribution in [0, 0.1) is 5.41 Å². The lowest BCUT2D eigenvalue weighted by molar-refractivity contribution is -0.116. The van der Waals surface area contributed by atoms with E-state index in [2.05, 4.69) is 64.3 Å². The molecule has 0 bridgehead atoms. The van der Waals surface area contributed by atoms with Crippen LogP contribution in [0.1, 0.15) is 53.5 Å². The topological polar surface area (TPSA) is 41.1 Å². The maximum Gasteiger partial charge on any atom is 0.225 e. The van der Waals surface area contributed by atoms with Gasteiger partial charge in [0.05, 0.1) is 0 Å². The molecule has 0 heterocycles. The number of carbonyl (C=O) groups is 1. The standard InChI is InChI=1S/C18H30N2O/c1-17(2,3)13-19-12-11-16(21)20-15-9-7-14(8-10-15)18(4,5)6/h7-10,19H,11-13H2,1-6H3,(H,20,21). The third kappa shape index (κ3) is 7.28. The molecular formula is C18H30N2O. The predicted molar refractivity (Wildman–Crippen MR) is 90.7 cm³/mol. The van der Waals surface area contributed by atoms with Crippen LogP contribution in [0.15, 0.2) is 24.3 Å². The second-order valence-corrected chi connectivity index (χ2v) is 7.86. The van der Waals surface area contributed by atoms with E-state index in [1.165, 1.54) is 5.56 Å². The second-order valence-electron chi connectivity index (χ2n) is 7.86. The fraction of sp³-hybridized carbons (Fsp3) is 0.611. The molecule has 3 heteroatoms. The lowest BCUT2D eigenvalue weighted by Crippen LogP contribution is -2.29. The summed E-state index contributed by atoms with van der Waals surface area (Å²) in [5, 5.41) is 6.25. The van der Waals surface area contributed by atoms with E-state index in [0.717, 1.165) is 12.2 Å². The van der Waals surface area contributed by atoms with Crippen molar-refractivity contribution in [1.82, 2.24) is 5.32 Å². The van der Waals surface area contributed by atoms with Crippen LogP contribution in [0.2, 0.25) is 0 Å². The summed E-state index contributed by atoms with van der Waals surface area (Å²) >= 11 is 0. The minimum atomic E-state index is 0.0555. The van der Waals surface area contributed by atoms with Gasteiger partial charge in [-0.05, 0) is 28.5 Å². The van der Waals surface area contributed by atoms with Crippen molar-refractivity contribution < 1.29 is 4.79 Å². The van der Waals surface area contributed by atoms with E-state index in [4.69, 9.17) is 0 Å². The first kappa shape index (κ1) is 17.7. The van der Waals surface area contributed by atoms with Crippen molar-refractivity contribution in [3.05, 3.63) is 29.8 Å². The fourth-order valence-corrected chi connectivity index (χ4v) is 1.94. The van der Waals surface area contributed by atoms with E-state index in [1.807, 2.05) is 12.1 Å². The Morgan fingerprint density at radius 1 is 1.00 bits per heavy atom. The van der Waals surface area contributed by atoms with Gasteiger partial charge in [0.1, 0.15) is 0 Å². The zero-order chi connectivity index (χ0) is 16.1. The molecule has 0 atom stereocenters. The average Bonchev–Trinajstić information content (AvgIpc) is 2.33. The molecule has 0 unspecified atom stereocenters. The summed E-state index contributed by atoms with van der Waals surface area (Å²) < 4.78 is 0. The van der Waals surface area contributed by atoms with E-state index in [9.17, 15) is 4.79 Å². The molecule has 1 aromatic carbocycles. The molecule has 0 radical (unpaired) electrons. The molecule has 1 amide bonds. The van der Waals surface area contributed by atoms with Gasteiger partial charge in [-0.3, -0.25) is 4.79 Å². The van der Waals surface area contributed by atoms with Gasteiger partial charge in [0, 0.05) is 25.2 Å². The molecule has 0 saturated carbocycles. The van der Waals surface area contributed by atoms with Gasteiger partial charge in [0.25, 0.3) is 0 Å². The summed E-state index contributed by atoms with van der Waals surface area (Å²) in [6.45, 7) is 14.7. The van der Waals surface area contributed by atoms with Crippen molar-refractivity contribution in [2.45, 2.75) is 53.4 Å². The van der Waals surface area contributed by atoms with Gasteiger partial charge in [-0.2, -0.15) is 0 Å². The summed E-state index contributed by atoms with van der Waals surface area (Å²) in [7, 11) is 0. The van der Waals surface area contributed by atoms with Gasteiger partial charge in [0.15, 0.2) is 0 Å². The second kappa shape index (κ2) is 7.08. The number of nitrogens with one attached hydrogen (secondary N) is 2.